The Morgan fingerprint density at radius 2 is 1.95 bits per heavy atom. The largest absolute Gasteiger partial charge is 0.466 e. The molecule has 0 amide bonds. The van der Waals surface area contributed by atoms with Crippen LogP contribution in [0.1, 0.15) is 38.2 Å². The molecule has 122 valence electrons. The summed E-state index contributed by atoms with van der Waals surface area (Å²) >= 11 is 0. The molecule has 0 aliphatic carbocycles. The van der Waals surface area contributed by atoms with Gasteiger partial charge in [0.15, 0.2) is 0 Å². The lowest BCUT2D eigenvalue weighted by Gasteiger charge is -2.07. The Morgan fingerprint density at radius 3 is 2.59 bits per heavy atom. The Morgan fingerprint density at radius 1 is 1.27 bits per heavy atom. The molecule has 1 aliphatic heterocycles. The maximum Gasteiger partial charge on any atom is 0.305 e. The number of hydrogen-bond acceptors (Lipinski definition) is 4. The van der Waals surface area contributed by atoms with Crippen molar-refractivity contribution in [1.82, 2.24) is 4.31 Å². The summed E-state index contributed by atoms with van der Waals surface area (Å²) in [5.41, 5.74) is 1.04. The van der Waals surface area contributed by atoms with Crippen LogP contribution in [0.15, 0.2) is 29.2 Å². The number of carbonyl (C=O) groups excluding carboxylic acids is 1. The number of carbonyl (C=O) groups is 1. The van der Waals surface area contributed by atoms with Crippen LogP contribution in [0.25, 0.3) is 0 Å². The fourth-order valence-corrected chi connectivity index (χ4v) is 4.04. The fourth-order valence-electron chi connectivity index (χ4n) is 2.42. The Bertz CT molecular complexity index is 610. The second-order valence-electron chi connectivity index (χ2n) is 5.59. The Kier molecular flexibility index (Phi) is 5.58. The average molecular weight is 325 g/mol. The Hall–Kier alpha value is -1.40. The van der Waals surface area contributed by atoms with Crippen LogP contribution in [0.3, 0.4) is 0 Å². The smallest absolute Gasteiger partial charge is 0.305 e. The predicted molar refractivity (Wildman–Crippen MR) is 84.0 cm³/mol. The first-order valence-electron chi connectivity index (χ1n) is 7.69. The molecule has 0 saturated carbocycles. The number of aryl methyl sites for hydroxylation is 1. The van der Waals surface area contributed by atoms with Gasteiger partial charge in [-0.15, -0.1) is 0 Å². The quantitative estimate of drug-likeness (QED) is 0.418. The van der Waals surface area contributed by atoms with Gasteiger partial charge in [0.25, 0.3) is 0 Å². The average Bonchev–Trinajstić information content (AvgIpc) is 3.25. The fraction of sp³-hybridized carbons (Fsp3) is 0.562. The molecular weight excluding hydrogens is 302 g/mol. The second kappa shape index (κ2) is 7.24. The molecule has 0 aromatic heterocycles. The van der Waals surface area contributed by atoms with E-state index in [-0.39, 0.29) is 12.0 Å². The van der Waals surface area contributed by atoms with Crippen molar-refractivity contribution in [2.45, 2.75) is 50.5 Å². The van der Waals surface area contributed by atoms with E-state index in [4.69, 9.17) is 4.74 Å². The highest BCUT2D eigenvalue weighted by atomic mass is 32.2. The van der Waals surface area contributed by atoms with Crippen LogP contribution in [0, 0.1) is 6.92 Å². The SMILES string of the molecule is CCOC(=O)CCCC[C@@H]1CN1S(=O)(=O)c1ccc(C)cc1. The summed E-state index contributed by atoms with van der Waals surface area (Å²) in [7, 11) is -3.35. The van der Waals surface area contributed by atoms with Gasteiger partial charge in [-0.25, -0.2) is 8.42 Å². The molecule has 1 fully saturated rings. The van der Waals surface area contributed by atoms with Crippen molar-refractivity contribution in [3.63, 3.8) is 0 Å². The molecule has 0 spiro atoms. The van der Waals surface area contributed by atoms with Crippen molar-refractivity contribution in [3.8, 4) is 0 Å². The van der Waals surface area contributed by atoms with Gasteiger partial charge >= 0.3 is 5.97 Å². The van der Waals surface area contributed by atoms with Crippen LogP contribution in [-0.2, 0) is 19.6 Å². The molecule has 1 unspecified atom stereocenters. The van der Waals surface area contributed by atoms with E-state index in [9.17, 15) is 13.2 Å². The van der Waals surface area contributed by atoms with Crippen molar-refractivity contribution in [2.75, 3.05) is 13.2 Å². The summed E-state index contributed by atoms with van der Waals surface area (Å²) < 4.78 is 31.2. The molecule has 1 aromatic carbocycles. The number of sulfonamides is 1. The first-order chi connectivity index (χ1) is 10.4. The highest BCUT2D eigenvalue weighted by Crippen LogP contribution is 2.31. The van der Waals surface area contributed by atoms with E-state index < -0.39 is 10.0 Å². The lowest BCUT2D eigenvalue weighted by atomic mass is 10.1. The van der Waals surface area contributed by atoms with Crippen molar-refractivity contribution in [3.05, 3.63) is 29.8 Å². The summed E-state index contributed by atoms with van der Waals surface area (Å²) in [4.78, 5) is 11.6. The Labute approximate surface area is 132 Å². The molecule has 6 heteroatoms. The van der Waals surface area contributed by atoms with Gasteiger partial charge in [0.1, 0.15) is 0 Å². The third kappa shape index (κ3) is 4.30. The summed E-state index contributed by atoms with van der Waals surface area (Å²) in [6.07, 6.45) is 2.78. The van der Waals surface area contributed by atoms with E-state index in [1.165, 1.54) is 4.31 Å². The van der Waals surface area contributed by atoms with E-state index in [2.05, 4.69) is 0 Å². The number of nitrogens with zero attached hydrogens (tertiary/aromatic N) is 1. The molecule has 0 N–H and O–H groups in total. The maximum atomic E-state index is 12.4. The van der Waals surface area contributed by atoms with Crippen molar-refractivity contribution in [2.24, 2.45) is 0 Å². The molecule has 1 aliphatic rings. The van der Waals surface area contributed by atoms with Gasteiger partial charge in [0.05, 0.1) is 11.5 Å². The zero-order valence-corrected chi connectivity index (χ0v) is 13.9. The first kappa shape index (κ1) is 17.0. The van der Waals surface area contributed by atoms with E-state index >= 15 is 0 Å². The molecular formula is C16H23NO4S. The molecule has 5 nitrogen and oxygen atoms in total. The summed E-state index contributed by atoms with van der Waals surface area (Å²) in [5.74, 6) is -0.178. The van der Waals surface area contributed by atoms with Crippen LogP contribution >= 0.6 is 0 Å². The van der Waals surface area contributed by atoms with E-state index in [0.717, 1.165) is 24.8 Å². The van der Waals surface area contributed by atoms with Crippen LogP contribution in [0.5, 0.6) is 0 Å². The number of benzene rings is 1. The molecule has 0 radical (unpaired) electrons. The maximum absolute atomic E-state index is 12.4. The van der Waals surface area contributed by atoms with Crippen LogP contribution in [-0.4, -0.2) is 37.9 Å². The molecule has 22 heavy (non-hydrogen) atoms. The number of unbranched alkanes of at least 4 members (excludes halogenated alkanes) is 1. The van der Waals surface area contributed by atoms with E-state index in [1.807, 2.05) is 19.1 Å². The predicted octanol–water partition coefficient (Wildman–Crippen LogP) is 2.49. The number of esters is 1. The zero-order valence-electron chi connectivity index (χ0n) is 13.1. The summed E-state index contributed by atoms with van der Waals surface area (Å²) in [6.45, 7) is 4.70. The van der Waals surface area contributed by atoms with Crippen LogP contribution < -0.4 is 0 Å². The summed E-state index contributed by atoms with van der Waals surface area (Å²) in [5, 5.41) is 0. The van der Waals surface area contributed by atoms with E-state index in [0.29, 0.717) is 24.5 Å². The first-order valence-corrected chi connectivity index (χ1v) is 9.13. The molecule has 1 aromatic rings. The van der Waals surface area contributed by atoms with Crippen LogP contribution in [0.2, 0.25) is 0 Å². The van der Waals surface area contributed by atoms with Gasteiger partial charge in [-0.3, -0.25) is 4.79 Å². The Balaban J connectivity index is 1.77. The van der Waals surface area contributed by atoms with Crippen molar-refractivity contribution < 1.29 is 17.9 Å². The minimum Gasteiger partial charge on any atom is -0.466 e. The normalized spacial score (nSPS) is 20.6. The van der Waals surface area contributed by atoms with Crippen LogP contribution in [0.4, 0.5) is 0 Å². The van der Waals surface area contributed by atoms with Gasteiger partial charge in [-0.1, -0.05) is 24.1 Å². The molecule has 2 atom stereocenters. The minimum atomic E-state index is -3.35. The lowest BCUT2D eigenvalue weighted by Crippen LogP contribution is -2.14. The second-order valence-corrected chi connectivity index (χ2v) is 7.48. The highest BCUT2D eigenvalue weighted by molar-refractivity contribution is 7.89. The third-order valence-electron chi connectivity index (χ3n) is 3.77. The molecule has 2 rings (SSSR count). The summed E-state index contributed by atoms with van der Waals surface area (Å²) in [6, 6.07) is 7.00. The number of hydrogen-bond donors (Lipinski definition) is 0. The number of rotatable bonds is 8. The van der Waals surface area contributed by atoms with Crippen molar-refractivity contribution in [1.29, 1.82) is 0 Å². The van der Waals surface area contributed by atoms with Gasteiger partial charge in [0.2, 0.25) is 10.0 Å². The zero-order chi connectivity index (χ0) is 16.2. The molecule has 0 bridgehead atoms. The van der Waals surface area contributed by atoms with Crippen molar-refractivity contribution >= 4 is 16.0 Å². The van der Waals surface area contributed by atoms with Gasteiger partial charge in [-0.2, -0.15) is 4.31 Å². The highest BCUT2D eigenvalue weighted by Gasteiger charge is 2.43. The standard InChI is InChI=1S/C16H23NO4S/c1-3-21-16(18)7-5-4-6-14-12-17(14)22(19,20)15-10-8-13(2)9-11-15/h8-11,14H,3-7,12H2,1-2H3/t14-,17?/m1/s1. The third-order valence-corrected chi connectivity index (χ3v) is 5.70. The minimum absolute atomic E-state index is 0.0773. The molecule has 1 saturated heterocycles. The monoisotopic (exact) mass is 325 g/mol. The van der Waals surface area contributed by atoms with Gasteiger partial charge < -0.3 is 4.74 Å². The van der Waals surface area contributed by atoms with Gasteiger partial charge in [0, 0.05) is 19.0 Å². The van der Waals surface area contributed by atoms with Gasteiger partial charge in [-0.05, 0) is 38.8 Å². The van der Waals surface area contributed by atoms with E-state index in [1.54, 1.807) is 19.1 Å². The topological polar surface area (TPSA) is 63.5 Å². The number of ether oxygens (including phenoxy) is 1. The molecule has 1 heterocycles. The lowest BCUT2D eigenvalue weighted by molar-refractivity contribution is -0.143.